The van der Waals surface area contributed by atoms with Gasteiger partial charge in [-0.25, -0.2) is 4.79 Å². The molecule has 2 rings (SSSR count). The third kappa shape index (κ3) is 4.45. The highest BCUT2D eigenvalue weighted by Crippen LogP contribution is 2.42. The van der Waals surface area contributed by atoms with Gasteiger partial charge < -0.3 is 14.9 Å². The van der Waals surface area contributed by atoms with Crippen LogP contribution in [0, 0.1) is 24.2 Å². The van der Waals surface area contributed by atoms with Gasteiger partial charge in [0, 0.05) is 12.0 Å². The zero-order valence-electron chi connectivity index (χ0n) is 15.4. The molecule has 0 aliphatic carbocycles. The zero-order valence-corrected chi connectivity index (χ0v) is 15.4. The van der Waals surface area contributed by atoms with Crippen LogP contribution in [0.1, 0.15) is 76.0 Å². The number of unbranched alkanes of at least 4 members (excludes halogenated alkanes) is 5. The summed E-state index contributed by atoms with van der Waals surface area (Å²) in [6.45, 7) is 5.97. The summed E-state index contributed by atoms with van der Waals surface area (Å²) in [6, 6.07) is 3.80. The van der Waals surface area contributed by atoms with Gasteiger partial charge in [0.05, 0.1) is 11.1 Å². The Morgan fingerprint density at radius 1 is 1.28 bits per heavy atom. The molecule has 2 heterocycles. The molecule has 25 heavy (non-hydrogen) atoms. The van der Waals surface area contributed by atoms with E-state index < -0.39 is 5.63 Å². The molecule has 5 nitrogen and oxygen atoms in total. The van der Waals surface area contributed by atoms with Crippen molar-refractivity contribution in [3.63, 3.8) is 0 Å². The highest BCUT2D eigenvalue weighted by atomic mass is 16.5. The number of ether oxygens (including phenoxy) is 1. The first-order valence-electron chi connectivity index (χ1n) is 9.21. The van der Waals surface area contributed by atoms with Crippen molar-refractivity contribution in [2.75, 3.05) is 0 Å². The lowest BCUT2D eigenvalue weighted by molar-refractivity contribution is 0.335. The molecule has 2 atom stereocenters. The van der Waals surface area contributed by atoms with Crippen LogP contribution in [-0.4, -0.2) is 0 Å². The minimum atomic E-state index is -0.435. The van der Waals surface area contributed by atoms with E-state index >= 15 is 0 Å². The van der Waals surface area contributed by atoms with E-state index in [2.05, 4.69) is 19.9 Å². The molecule has 2 N–H and O–H groups in total. The van der Waals surface area contributed by atoms with Gasteiger partial charge in [0.15, 0.2) is 0 Å². The number of rotatable bonds is 8. The summed E-state index contributed by atoms with van der Waals surface area (Å²) in [4.78, 5) is 12.4. The molecule has 0 amide bonds. The molecule has 1 aliphatic heterocycles. The van der Waals surface area contributed by atoms with E-state index in [4.69, 9.17) is 14.9 Å². The minimum Gasteiger partial charge on any atom is -0.440 e. The van der Waals surface area contributed by atoms with Gasteiger partial charge in [-0.3, -0.25) is 0 Å². The number of nitrogens with two attached hydrogens (primary N) is 1. The van der Waals surface area contributed by atoms with E-state index in [9.17, 15) is 10.1 Å². The van der Waals surface area contributed by atoms with Crippen molar-refractivity contribution >= 4 is 0 Å². The van der Waals surface area contributed by atoms with Gasteiger partial charge in [-0.1, -0.05) is 52.4 Å². The second-order valence-electron chi connectivity index (χ2n) is 6.93. The Hall–Kier alpha value is -2.22. The summed E-state index contributed by atoms with van der Waals surface area (Å²) in [5.74, 6) is 0.748. The molecule has 0 saturated heterocycles. The van der Waals surface area contributed by atoms with Gasteiger partial charge in [-0.15, -0.1) is 0 Å². The summed E-state index contributed by atoms with van der Waals surface area (Å²) < 4.78 is 10.8. The summed E-state index contributed by atoms with van der Waals surface area (Å²) in [6.07, 6.45) is 8.19. The average molecular weight is 344 g/mol. The Morgan fingerprint density at radius 2 is 1.96 bits per heavy atom. The standard InChI is InChI=1S/C20H28N2O3/c1-4-5-6-7-8-9-10-13(2)17-15(12-21)19(22)25-16-11-14(3)24-20(23)18(16)17/h11,13,17H,4-10,22H2,1-3H3. The van der Waals surface area contributed by atoms with Gasteiger partial charge >= 0.3 is 5.63 Å². The Kier molecular flexibility index (Phi) is 6.69. The Morgan fingerprint density at radius 3 is 2.64 bits per heavy atom. The fourth-order valence-electron chi connectivity index (χ4n) is 3.54. The van der Waals surface area contributed by atoms with Crippen LogP contribution in [-0.2, 0) is 0 Å². The number of aryl methyl sites for hydroxylation is 1. The number of nitriles is 1. The van der Waals surface area contributed by atoms with Gasteiger partial charge in [-0.05, 0) is 19.3 Å². The molecule has 0 spiro atoms. The maximum atomic E-state index is 12.4. The lowest BCUT2D eigenvalue weighted by atomic mass is 9.78. The van der Waals surface area contributed by atoms with Crippen LogP contribution in [0.25, 0.3) is 0 Å². The molecule has 1 aromatic heterocycles. The van der Waals surface area contributed by atoms with E-state index in [0.717, 1.165) is 12.8 Å². The highest BCUT2D eigenvalue weighted by Gasteiger charge is 2.36. The van der Waals surface area contributed by atoms with Crippen molar-refractivity contribution in [1.82, 2.24) is 0 Å². The van der Waals surface area contributed by atoms with Crippen molar-refractivity contribution in [2.24, 2.45) is 11.7 Å². The second kappa shape index (κ2) is 8.75. The average Bonchev–Trinajstić information content (AvgIpc) is 2.56. The van der Waals surface area contributed by atoms with Crippen LogP contribution in [0.3, 0.4) is 0 Å². The lowest BCUT2D eigenvalue weighted by Crippen LogP contribution is -2.29. The van der Waals surface area contributed by atoms with E-state index in [1.165, 1.54) is 32.1 Å². The van der Waals surface area contributed by atoms with Gasteiger partial charge in [0.2, 0.25) is 5.88 Å². The monoisotopic (exact) mass is 344 g/mol. The predicted molar refractivity (Wildman–Crippen MR) is 97.1 cm³/mol. The van der Waals surface area contributed by atoms with Crippen LogP contribution < -0.4 is 16.1 Å². The maximum Gasteiger partial charge on any atom is 0.343 e. The fraction of sp³-hybridized carbons (Fsp3) is 0.600. The van der Waals surface area contributed by atoms with Crippen LogP contribution in [0.5, 0.6) is 5.75 Å². The third-order valence-corrected chi connectivity index (χ3v) is 4.88. The molecule has 0 radical (unpaired) electrons. The molecule has 0 saturated carbocycles. The SMILES string of the molecule is CCCCCCCCC(C)C1C(C#N)=C(N)Oc2cc(C)oc(=O)c21. The number of nitrogens with zero attached hydrogens (tertiary/aromatic N) is 1. The zero-order chi connectivity index (χ0) is 18.4. The highest BCUT2D eigenvalue weighted by molar-refractivity contribution is 5.48. The molecule has 0 aromatic carbocycles. The molecule has 2 unspecified atom stereocenters. The van der Waals surface area contributed by atoms with Crippen molar-refractivity contribution in [2.45, 2.75) is 71.6 Å². The molecule has 5 heteroatoms. The molecule has 1 aromatic rings. The molecular weight excluding hydrogens is 316 g/mol. The lowest BCUT2D eigenvalue weighted by Gasteiger charge is -2.29. The van der Waals surface area contributed by atoms with Crippen molar-refractivity contribution < 1.29 is 9.15 Å². The van der Waals surface area contributed by atoms with Crippen molar-refractivity contribution in [3.8, 4) is 11.8 Å². The smallest absolute Gasteiger partial charge is 0.343 e. The van der Waals surface area contributed by atoms with Crippen molar-refractivity contribution in [3.05, 3.63) is 39.3 Å². The molecule has 136 valence electrons. The first kappa shape index (κ1) is 19.1. The largest absolute Gasteiger partial charge is 0.440 e. The number of fused-ring (bicyclic) bond motifs is 1. The van der Waals surface area contributed by atoms with E-state index in [1.54, 1.807) is 13.0 Å². The first-order chi connectivity index (χ1) is 12.0. The first-order valence-corrected chi connectivity index (χ1v) is 9.21. The predicted octanol–water partition coefficient (Wildman–Crippen LogP) is 4.50. The molecule has 0 fully saturated rings. The summed E-state index contributed by atoms with van der Waals surface area (Å²) in [5, 5.41) is 9.52. The number of hydrogen-bond acceptors (Lipinski definition) is 5. The van der Waals surface area contributed by atoms with Crippen LogP contribution >= 0.6 is 0 Å². The van der Waals surface area contributed by atoms with Gasteiger partial charge in [0.25, 0.3) is 0 Å². The molecular formula is C20H28N2O3. The summed E-state index contributed by atoms with van der Waals surface area (Å²) >= 11 is 0. The number of allylic oxidation sites excluding steroid dienone is 1. The quantitative estimate of drug-likeness (QED) is 0.701. The summed E-state index contributed by atoms with van der Waals surface area (Å²) in [5.41, 5.74) is 6.27. The van der Waals surface area contributed by atoms with Gasteiger partial charge in [0.1, 0.15) is 17.6 Å². The van der Waals surface area contributed by atoms with Crippen molar-refractivity contribution in [1.29, 1.82) is 5.26 Å². The molecule has 1 aliphatic rings. The Bertz CT molecular complexity index is 727. The van der Waals surface area contributed by atoms with E-state index in [1.807, 2.05) is 0 Å². The normalized spacial score (nSPS) is 17.6. The van der Waals surface area contributed by atoms with Crippen LogP contribution in [0.15, 0.2) is 26.7 Å². The van der Waals surface area contributed by atoms with E-state index in [-0.39, 0.29) is 17.7 Å². The van der Waals surface area contributed by atoms with Gasteiger partial charge in [-0.2, -0.15) is 5.26 Å². The fourth-order valence-corrected chi connectivity index (χ4v) is 3.54. The third-order valence-electron chi connectivity index (χ3n) is 4.88. The second-order valence-corrected chi connectivity index (χ2v) is 6.93. The Balaban J connectivity index is 2.17. The van der Waals surface area contributed by atoms with Crippen LogP contribution in [0.4, 0.5) is 0 Å². The minimum absolute atomic E-state index is 0.0970. The van der Waals surface area contributed by atoms with Crippen LogP contribution in [0.2, 0.25) is 0 Å². The summed E-state index contributed by atoms with van der Waals surface area (Å²) in [7, 11) is 0. The van der Waals surface area contributed by atoms with E-state index in [0.29, 0.717) is 22.6 Å². The Labute approximate surface area is 149 Å². The topological polar surface area (TPSA) is 89.2 Å². The number of hydrogen-bond donors (Lipinski definition) is 1. The molecule has 0 bridgehead atoms. The maximum absolute atomic E-state index is 12.4.